The van der Waals surface area contributed by atoms with E-state index < -0.39 is 22.0 Å². The Labute approximate surface area is 95.7 Å². The molecule has 0 unspecified atom stereocenters. The van der Waals surface area contributed by atoms with Crippen LogP contribution in [-0.2, 0) is 14.8 Å². The number of rotatable bonds is 4. The largest absolute Gasteiger partial charge is 0.480 e. The van der Waals surface area contributed by atoms with Crippen LogP contribution < -0.4 is 4.72 Å². The highest BCUT2D eigenvalue weighted by Crippen LogP contribution is 2.21. The average Bonchev–Trinajstić information content (AvgIpc) is 2.44. The predicted octanol–water partition coefficient (Wildman–Crippen LogP) is -0.528. The highest BCUT2D eigenvalue weighted by molar-refractivity contribution is 7.88. The van der Waals surface area contributed by atoms with E-state index in [1.54, 1.807) is 4.90 Å². The van der Waals surface area contributed by atoms with Crippen molar-refractivity contribution in [2.75, 3.05) is 12.8 Å². The summed E-state index contributed by atoms with van der Waals surface area (Å²) in [4.78, 5) is 12.8. The van der Waals surface area contributed by atoms with Gasteiger partial charge in [-0.15, -0.1) is 0 Å². The number of carboxylic acids is 1. The van der Waals surface area contributed by atoms with Gasteiger partial charge in [-0.3, -0.25) is 9.69 Å². The molecule has 1 aliphatic heterocycles. The van der Waals surface area contributed by atoms with Gasteiger partial charge in [0.2, 0.25) is 10.0 Å². The maximum Gasteiger partial charge on any atom is 0.320 e. The van der Waals surface area contributed by atoms with Gasteiger partial charge in [0.1, 0.15) is 6.04 Å². The lowest BCUT2D eigenvalue weighted by atomic mass is 10.2. The number of hydrogen-bond acceptors (Lipinski definition) is 4. The van der Waals surface area contributed by atoms with Crippen molar-refractivity contribution in [2.24, 2.45) is 0 Å². The number of aliphatic carboxylic acids is 1. The van der Waals surface area contributed by atoms with Crippen molar-refractivity contribution in [1.29, 1.82) is 0 Å². The Hall–Kier alpha value is -0.660. The van der Waals surface area contributed by atoms with Crippen molar-refractivity contribution >= 4 is 16.0 Å². The van der Waals surface area contributed by atoms with E-state index in [2.05, 4.69) is 4.72 Å². The molecule has 2 atom stereocenters. The van der Waals surface area contributed by atoms with Crippen molar-refractivity contribution in [3.8, 4) is 0 Å². The van der Waals surface area contributed by atoms with Gasteiger partial charge >= 0.3 is 5.97 Å². The van der Waals surface area contributed by atoms with Crippen molar-refractivity contribution in [3.63, 3.8) is 0 Å². The fraction of sp³-hybridized carbons (Fsp3) is 0.889. The van der Waals surface area contributed by atoms with Gasteiger partial charge in [0.15, 0.2) is 0 Å². The lowest BCUT2D eigenvalue weighted by Gasteiger charge is -2.24. The molecular formula is C9H18N2O4S. The van der Waals surface area contributed by atoms with Crippen LogP contribution in [-0.4, -0.2) is 55.3 Å². The molecule has 1 fully saturated rings. The molecule has 1 heterocycles. The van der Waals surface area contributed by atoms with Crippen LogP contribution in [0.4, 0.5) is 0 Å². The second-order valence-electron chi connectivity index (χ2n) is 4.47. The monoisotopic (exact) mass is 250 g/mol. The summed E-state index contributed by atoms with van der Waals surface area (Å²) in [5, 5.41) is 9.03. The van der Waals surface area contributed by atoms with Crippen molar-refractivity contribution in [2.45, 2.75) is 38.4 Å². The topological polar surface area (TPSA) is 86.7 Å². The van der Waals surface area contributed by atoms with Crippen LogP contribution in [0.15, 0.2) is 0 Å². The fourth-order valence-electron chi connectivity index (χ4n) is 2.06. The Balaban J connectivity index is 2.73. The number of carbonyl (C=O) groups is 1. The molecule has 1 saturated heterocycles. The maximum absolute atomic E-state index is 11.1. The smallest absolute Gasteiger partial charge is 0.320 e. The molecule has 0 spiro atoms. The highest BCUT2D eigenvalue weighted by Gasteiger charge is 2.38. The first-order chi connectivity index (χ1) is 7.20. The van der Waals surface area contributed by atoms with Crippen LogP contribution in [0.3, 0.4) is 0 Å². The summed E-state index contributed by atoms with van der Waals surface area (Å²) >= 11 is 0. The van der Waals surface area contributed by atoms with Gasteiger partial charge in [-0.25, -0.2) is 13.1 Å². The molecule has 6 nitrogen and oxygen atoms in total. The highest BCUT2D eigenvalue weighted by atomic mass is 32.2. The molecule has 16 heavy (non-hydrogen) atoms. The summed E-state index contributed by atoms with van der Waals surface area (Å²) in [5.41, 5.74) is 0. The van der Waals surface area contributed by atoms with Gasteiger partial charge < -0.3 is 5.11 Å². The normalized spacial score (nSPS) is 27.5. The van der Waals surface area contributed by atoms with E-state index in [1.807, 2.05) is 13.8 Å². The molecule has 0 radical (unpaired) electrons. The third-order valence-electron chi connectivity index (χ3n) is 2.67. The second kappa shape index (κ2) is 4.68. The molecule has 0 amide bonds. The summed E-state index contributed by atoms with van der Waals surface area (Å²) in [6.07, 6.45) is 1.40. The quantitative estimate of drug-likeness (QED) is 0.700. The summed E-state index contributed by atoms with van der Waals surface area (Å²) < 4.78 is 24.6. The zero-order valence-electron chi connectivity index (χ0n) is 9.67. The first-order valence-electron chi connectivity index (χ1n) is 5.16. The van der Waals surface area contributed by atoms with Crippen LogP contribution in [0.5, 0.6) is 0 Å². The van der Waals surface area contributed by atoms with Crippen LogP contribution in [0.25, 0.3) is 0 Å². The minimum atomic E-state index is -3.28. The number of likely N-dealkylation sites (tertiary alicyclic amines) is 1. The molecule has 2 N–H and O–H groups in total. The van der Waals surface area contributed by atoms with Crippen LogP contribution in [0.2, 0.25) is 0 Å². The molecule has 7 heteroatoms. The van der Waals surface area contributed by atoms with Gasteiger partial charge in [-0.2, -0.15) is 0 Å². The fourth-order valence-corrected chi connectivity index (χ4v) is 2.84. The lowest BCUT2D eigenvalue weighted by molar-refractivity contribution is -0.142. The Bertz CT molecular complexity index is 366. The summed E-state index contributed by atoms with van der Waals surface area (Å²) in [5.74, 6) is -0.897. The van der Waals surface area contributed by atoms with E-state index in [0.29, 0.717) is 13.0 Å². The van der Waals surface area contributed by atoms with Crippen molar-refractivity contribution in [3.05, 3.63) is 0 Å². The zero-order valence-corrected chi connectivity index (χ0v) is 10.5. The van der Waals surface area contributed by atoms with E-state index >= 15 is 0 Å². The van der Waals surface area contributed by atoms with Gasteiger partial charge in [-0.05, 0) is 20.3 Å². The van der Waals surface area contributed by atoms with Gasteiger partial charge in [0, 0.05) is 18.6 Å². The molecule has 1 aliphatic rings. The Morgan fingerprint density at radius 1 is 1.50 bits per heavy atom. The van der Waals surface area contributed by atoms with Crippen LogP contribution >= 0.6 is 0 Å². The van der Waals surface area contributed by atoms with Crippen molar-refractivity contribution < 1.29 is 18.3 Å². The standard InChI is InChI=1S/C9H18N2O4S/c1-6(2)11-5-7(10-16(3,14)15)4-8(11)9(12)13/h6-8,10H,4-5H2,1-3H3,(H,12,13)/t7-,8+/m1/s1. The molecule has 0 saturated carbocycles. The SMILES string of the molecule is CC(C)N1C[C@H](NS(C)(=O)=O)C[C@H]1C(=O)O. The number of nitrogens with zero attached hydrogens (tertiary/aromatic N) is 1. The van der Waals surface area contributed by atoms with E-state index in [0.717, 1.165) is 6.26 Å². The summed E-state index contributed by atoms with van der Waals surface area (Å²) in [6.45, 7) is 4.25. The van der Waals surface area contributed by atoms with Crippen LogP contribution in [0.1, 0.15) is 20.3 Å². The first-order valence-corrected chi connectivity index (χ1v) is 7.05. The minimum Gasteiger partial charge on any atom is -0.480 e. The number of sulfonamides is 1. The molecule has 0 bridgehead atoms. The molecule has 0 aromatic rings. The summed E-state index contributed by atoms with van der Waals surface area (Å²) in [7, 11) is -3.28. The van der Waals surface area contributed by atoms with E-state index in [4.69, 9.17) is 5.11 Å². The summed E-state index contributed by atoms with van der Waals surface area (Å²) in [6, 6.07) is -0.815. The molecule has 0 aromatic heterocycles. The third-order valence-corrected chi connectivity index (χ3v) is 3.43. The zero-order chi connectivity index (χ0) is 12.5. The second-order valence-corrected chi connectivity index (χ2v) is 6.25. The minimum absolute atomic E-state index is 0.0902. The Morgan fingerprint density at radius 2 is 2.06 bits per heavy atom. The lowest BCUT2D eigenvalue weighted by Crippen LogP contribution is -2.41. The van der Waals surface area contributed by atoms with Gasteiger partial charge in [0.25, 0.3) is 0 Å². The molecule has 94 valence electrons. The molecule has 0 aliphatic carbocycles. The number of nitrogens with one attached hydrogen (secondary N) is 1. The average molecular weight is 250 g/mol. The molecular weight excluding hydrogens is 232 g/mol. The Kier molecular flexibility index (Phi) is 3.92. The third kappa shape index (κ3) is 3.43. The van der Waals surface area contributed by atoms with Gasteiger partial charge in [-0.1, -0.05) is 0 Å². The van der Waals surface area contributed by atoms with E-state index in [1.165, 1.54) is 0 Å². The number of carboxylic acid groups (broad SMARTS) is 1. The van der Waals surface area contributed by atoms with Gasteiger partial charge in [0.05, 0.1) is 6.26 Å². The first kappa shape index (κ1) is 13.4. The molecule has 1 rings (SSSR count). The maximum atomic E-state index is 11.1. The molecule has 0 aromatic carbocycles. The number of hydrogen-bond donors (Lipinski definition) is 2. The predicted molar refractivity (Wildman–Crippen MR) is 59.7 cm³/mol. The van der Waals surface area contributed by atoms with Crippen LogP contribution in [0, 0.1) is 0 Å². The van der Waals surface area contributed by atoms with E-state index in [9.17, 15) is 13.2 Å². The van der Waals surface area contributed by atoms with E-state index in [-0.39, 0.29) is 12.1 Å². The Morgan fingerprint density at radius 3 is 2.38 bits per heavy atom. The van der Waals surface area contributed by atoms with Crippen molar-refractivity contribution in [1.82, 2.24) is 9.62 Å².